The minimum absolute atomic E-state index is 0.176. The van der Waals surface area contributed by atoms with Crippen molar-refractivity contribution in [2.45, 2.75) is 58.6 Å². The first-order chi connectivity index (χ1) is 14.1. The number of hydrogen-bond acceptors (Lipinski definition) is 5. The zero-order valence-electron chi connectivity index (χ0n) is 19.0. The third-order valence-electron chi connectivity index (χ3n) is 4.56. The number of carbonyl (C=O) groups excluding carboxylic acids is 2. The Morgan fingerprint density at radius 2 is 1.77 bits per heavy atom. The van der Waals surface area contributed by atoms with Crippen LogP contribution in [-0.2, 0) is 4.74 Å². The van der Waals surface area contributed by atoms with Gasteiger partial charge in [-0.15, -0.1) is 0 Å². The van der Waals surface area contributed by atoms with E-state index in [4.69, 9.17) is 4.74 Å². The van der Waals surface area contributed by atoms with Crippen LogP contribution in [0.1, 0.15) is 57.8 Å². The molecular formula is C21H36N6O3. The van der Waals surface area contributed by atoms with Crippen molar-refractivity contribution in [1.29, 1.82) is 0 Å². The number of carbonyl (C=O) groups is 2. The summed E-state index contributed by atoms with van der Waals surface area (Å²) < 4.78 is 5.40. The predicted molar refractivity (Wildman–Crippen MR) is 119 cm³/mol. The van der Waals surface area contributed by atoms with Crippen molar-refractivity contribution in [2.24, 2.45) is 4.99 Å². The fourth-order valence-corrected chi connectivity index (χ4v) is 2.67. The molecule has 0 aromatic carbocycles. The SMILES string of the molecule is CCC(CC)(CNC(=NC)NCCNC(=O)c1cccnc1)NC(=O)OC(C)(C)C. The van der Waals surface area contributed by atoms with Gasteiger partial charge in [-0.2, -0.15) is 0 Å². The van der Waals surface area contributed by atoms with E-state index in [0.717, 1.165) is 12.8 Å². The van der Waals surface area contributed by atoms with Crippen LogP contribution in [0.15, 0.2) is 29.5 Å². The molecule has 4 N–H and O–H groups in total. The molecule has 2 amide bonds. The number of ether oxygens (including phenoxy) is 1. The summed E-state index contributed by atoms with van der Waals surface area (Å²) in [7, 11) is 1.67. The van der Waals surface area contributed by atoms with Gasteiger partial charge in [-0.25, -0.2) is 4.79 Å². The second-order valence-electron chi connectivity index (χ2n) is 7.96. The molecular weight excluding hydrogens is 384 g/mol. The van der Waals surface area contributed by atoms with E-state index in [2.05, 4.69) is 31.2 Å². The zero-order chi connectivity index (χ0) is 22.6. The van der Waals surface area contributed by atoms with Gasteiger partial charge in [0.2, 0.25) is 0 Å². The van der Waals surface area contributed by atoms with Crippen molar-refractivity contribution < 1.29 is 14.3 Å². The second-order valence-corrected chi connectivity index (χ2v) is 7.96. The summed E-state index contributed by atoms with van der Waals surface area (Å²) in [5, 5.41) is 12.2. The van der Waals surface area contributed by atoms with Crippen molar-refractivity contribution in [3.63, 3.8) is 0 Å². The van der Waals surface area contributed by atoms with Crippen molar-refractivity contribution in [3.05, 3.63) is 30.1 Å². The predicted octanol–water partition coefficient (Wildman–Crippen LogP) is 2.06. The Morgan fingerprint density at radius 3 is 2.30 bits per heavy atom. The van der Waals surface area contributed by atoms with Gasteiger partial charge in [0.15, 0.2) is 5.96 Å². The highest BCUT2D eigenvalue weighted by molar-refractivity contribution is 5.93. The van der Waals surface area contributed by atoms with Gasteiger partial charge in [0.25, 0.3) is 5.91 Å². The van der Waals surface area contributed by atoms with Gasteiger partial charge >= 0.3 is 6.09 Å². The van der Waals surface area contributed by atoms with E-state index >= 15 is 0 Å². The fraction of sp³-hybridized carbons (Fsp3) is 0.619. The van der Waals surface area contributed by atoms with Crippen LogP contribution in [0.2, 0.25) is 0 Å². The average molecular weight is 421 g/mol. The molecule has 0 spiro atoms. The quantitative estimate of drug-likeness (QED) is 0.276. The summed E-state index contributed by atoms with van der Waals surface area (Å²) in [6.45, 7) is 11.0. The van der Waals surface area contributed by atoms with Gasteiger partial charge in [0.05, 0.1) is 11.1 Å². The van der Waals surface area contributed by atoms with Crippen LogP contribution in [0.5, 0.6) is 0 Å². The molecule has 0 aliphatic carbocycles. The van der Waals surface area contributed by atoms with Crippen LogP contribution in [0, 0.1) is 0 Å². The van der Waals surface area contributed by atoms with E-state index in [1.54, 1.807) is 25.4 Å². The summed E-state index contributed by atoms with van der Waals surface area (Å²) in [4.78, 5) is 32.4. The normalized spacial score (nSPS) is 12.1. The third kappa shape index (κ3) is 9.11. The molecule has 30 heavy (non-hydrogen) atoms. The van der Waals surface area contributed by atoms with Crippen LogP contribution in [0.25, 0.3) is 0 Å². The number of guanidine groups is 1. The van der Waals surface area contributed by atoms with Crippen LogP contribution in [0.3, 0.4) is 0 Å². The van der Waals surface area contributed by atoms with Gasteiger partial charge in [0, 0.05) is 39.1 Å². The minimum Gasteiger partial charge on any atom is -0.444 e. The zero-order valence-corrected chi connectivity index (χ0v) is 19.0. The Labute approximate surface area is 179 Å². The van der Waals surface area contributed by atoms with E-state index < -0.39 is 17.2 Å². The number of aromatic nitrogens is 1. The molecule has 0 fully saturated rings. The molecule has 0 saturated heterocycles. The Hall–Kier alpha value is -2.84. The van der Waals surface area contributed by atoms with E-state index in [1.807, 2.05) is 34.6 Å². The van der Waals surface area contributed by atoms with Crippen LogP contribution < -0.4 is 21.3 Å². The summed E-state index contributed by atoms with van der Waals surface area (Å²) in [5.74, 6) is 0.410. The highest BCUT2D eigenvalue weighted by Gasteiger charge is 2.30. The van der Waals surface area contributed by atoms with Crippen molar-refractivity contribution in [2.75, 3.05) is 26.7 Å². The largest absolute Gasteiger partial charge is 0.444 e. The number of hydrogen-bond donors (Lipinski definition) is 4. The van der Waals surface area contributed by atoms with Gasteiger partial charge in [-0.3, -0.25) is 14.8 Å². The smallest absolute Gasteiger partial charge is 0.408 e. The Balaban J connectivity index is 2.49. The first kappa shape index (κ1) is 25.2. The molecule has 9 nitrogen and oxygen atoms in total. The lowest BCUT2D eigenvalue weighted by atomic mass is 9.93. The number of alkyl carbamates (subject to hydrolysis) is 1. The molecule has 1 heterocycles. The molecule has 168 valence electrons. The van der Waals surface area contributed by atoms with Crippen molar-refractivity contribution >= 4 is 18.0 Å². The Kier molecular flexibility index (Phi) is 10.1. The first-order valence-electron chi connectivity index (χ1n) is 10.3. The number of amides is 2. The highest BCUT2D eigenvalue weighted by atomic mass is 16.6. The van der Waals surface area contributed by atoms with E-state index in [0.29, 0.717) is 31.2 Å². The topological polar surface area (TPSA) is 117 Å². The summed E-state index contributed by atoms with van der Waals surface area (Å²) in [6, 6.07) is 3.43. The summed E-state index contributed by atoms with van der Waals surface area (Å²) >= 11 is 0. The van der Waals surface area contributed by atoms with Crippen LogP contribution in [0.4, 0.5) is 4.79 Å². The maximum atomic E-state index is 12.2. The van der Waals surface area contributed by atoms with Crippen molar-refractivity contribution in [3.8, 4) is 0 Å². The molecule has 0 saturated carbocycles. The molecule has 9 heteroatoms. The number of nitrogens with zero attached hydrogens (tertiary/aromatic N) is 2. The van der Waals surface area contributed by atoms with Gasteiger partial charge in [-0.05, 0) is 45.7 Å². The van der Waals surface area contributed by atoms with Gasteiger partial charge in [0.1, 0.15) is 5.60 Å². The summed E-state index contributed by atoms with van der Waals surface area (Å²) in [5.41, 5.74) is -0.499. The monoisotopic (exact) mass is 420 g/mol. The first-order valence-corrected chi connectivity index (χ1v) is 10.3. The maximum Gasteiger partial charge on any atom is 0.408 e. The Morgan fingerprint density at radius 1 is 1.10 bits per heavy atom. The van der Waals surface area contributed by atoms with E-state index in [-0.39, 0.29) is 5.91 Å². The molecule has 0 unspecified atom stereocenters. The lowest BCUT2D eigenvalue weighted by Crippen LogP contribution is -2.57. The lowest BCUT2D eigenvalue weighted by Gasteiger charge is -2.34. The van der Waals surface area contributed by atoms with Gasteiger partial charge in [-0.1, -0.05) is 13.8 Å². The number of aliphatic imine (C=N–C) groups is 1. The molecule has 0 radical (unpaired) electrons. The number of rotatable bonds is 9. The number of pyridine rings is 1. The average Bonchev–Trinajstić information content (AvgIpc) is 2.71. The lowest BCUT2D eigenvalue weighted by molar-refractivity contribution is 0.0448. The molecule has 1 rings (SSSR count). The molecule has 0 atom stereocenters. The second kappa shape index (κ2) is 12.0. The molecule has 0 aliphatic rings. The Bertz CT molecular complexity index is 696. The maximum absolute atomic E-state index is 12.2. The van der Waals surface area contributed by atoms with Crippen LogP contribution >= 0.6 is 0 Å². The van der Waals surface area contributed by atoms with Crippen molar-refractivity contribution in [1.82, 2.24) is 26.3 Å². The minimum atomic E-state index is -0.553. The molecule has 1 aromatic heterocycles. The van der Waals surface area contributed by atoms with E-state index in [1.165, 1.54) is 6.20 Å². The fourth-order valence-electron chi connectivity index (χ4n) is 2.67. The third-order valence-corrected chi connectivity index (χ3v) is 4.56. The highest BCUT2D eigenvalue weighted by Crippen LogP contribution is 2.16. The number of nitrogens with one attached hydrogen (secondary N) is 4. The van der Waals surface area contributed by atoms with E-state index in [9.17, 15) is 9.59 Å². The molecule has 1 aromatic rings. The summed E-state index contributed by atoms with van der Waals surface area (Å²) in [6.07, 6.45) is 4.17. The molecule has 0 bridgehead atoms. The standard InChI is InChI=1S/C21H36N6O3/c1-7-21(8-2,27-19(29)30-20(3,4)5)15-26-18(22-6)25-13-12-24-17(28)16-10-9-11-23-14-16/h9-11,14H,7-8,12-13,15H2,1-6H3,(H,24,28)(H,27,29)(H2,22,25,26). The van der Waals surface area contributed by atoms with Gasteiger partial charge < -0.3 is 26.0 Å². The molecule has 0 aliphatic heterocycles. The van der Waals surface area contributed by atoms with Crippen LogP contribution in [-0.4, -0.2) is 60.8 Å².